The van der Waals surface area contributed by atoms with Gasteiger partial charge >= 0.3 is 0 Å². The van der Waals surface area contributed by atoms with Crippen LogP contribution in [-0.4, -0.2) is 26.5 Å². The summed E-state index contributed by atoms with van der Waals surface area (Å²) in [7, 11) is 0. The van der Waals surface area contributed by atoms with Crippen LogP contribution < -0.4 is 5.73 Å². The number of aromatic nitrogens is 4. The number of ether oxygens (including phenoxy) is 1. The van der Waals surface area contributed by atoms with Crippen LogP contribution in [0.15, 0.2) is 22.8 Å². The minimum absolute atomic E-state index is 0.0781. The molecular formula is C15H17N5O2. The van der Waals surface area contributed by atoms with Crippen LogP contribution in [0.3, 0.4) is 0 Å². The predicted molar refractivity (Wildman–Crippen MR) is 80.2 cm³/mol. The van der Waals surface area contributed by atoms with Crippen LogP contribution in [0.5, 0.6) is 0 Å². The first-order valence-electron chi connectivity index (χ1n) is 7.45. The van der Waals surface area contributed by atoms with E-state index < -0.39 is 0 Å². The molecule has 22 heavy (non-hydrogen) atoms. The van der Waals surface area contributed by atoms with Crippen molar-refractivity contribution < 1.29 is 9.15 Å². The Hall–Kier alpha value is -2.41. The fourth-order valence-corrected chi connectivity index (χ4v) is 2.73. The van der Waals surface area contributed by atoms with Crippen LogP contribution in [0.2, 0.25) is 0 Å². The second-order valence-electron chi connectivity index (χ2n) is 5.46. The highest BCUT2D eigenvalue weighted by atomic mass is 16.5. The maximum absolute atomic E-state index is 6.05. The number of hydrogen-bond donors (Lipinski definition) is 2. The van der Waals surface area contributed by atoms with Gasteiger partial charge in [-0.2, -0.15) is 0 Å². The Kier molecular flexibility index (Phi) is 3.27. The zero-order valence-electron chi connectivity index (χ0n) is 12.1. The molecule has 7 nitrogen and oxygen atoms in total. The Bertz CT molecular complexity index is 775. The molecule has 114 valence electrons. The molecule has 3 aromatic heterocycles. The van der Waals surface area contributed by atoms with Crippen molar-refractivity contribution in [1.82, 2.24) is 19.9 Å². The van der Waals surface area contributed by atoms with Gasteiger partial charge in [-0.25, -0.2) is 15.0 Å². The lowest BCUT2D eigenvalue weighted by molar-refractivity contribution is 0.00972. The van der Waals surface area contributed by atoms with Gasteiger partial charge in [0.15, 0.2) is 17.3 Å². The molecule has 1 fully saturated rings. The lowest BCUT2D eigenvalue weighted by atomic mass is 10.1. The second-order valence-corrected chi connectivity index (χ2v) is 5.46. The molecule has 0 aromatic carbocycles. The first-order valence-corrected chi connectivity index (χ1v) is 7.45. The number of nitrogens with two attached hydrogens (primary N) is 1. The van der Waals surface area contributed by atoms with Gasteiger partial charge in [0.1, 0.15) is 23.2 Å². The molecule has 3 aromatic rings. The molecular weight excluding hydrogens is 282 g/mol. The Balaban J connectivity index is 1.68. The molecule has 7 heteroatoms. The minimum atomic E-state index is -0.0781. The molecule has 3 N–H and O–H groups in total. The van der Waals surface area contributed by atoms with E-state index >= 15 is 0 Å². The normalized spacial score (nSPS) is 18.8. The molecule has 1 aliphatic rings. The van der Waals surface area contributed by atoms with E-state index in [2.05, 4.69) is 19.9 Å². The van der Waals surface area contributed by atoms with E-state index in [0.29, 0.717) is 29.2 Å². The van der Waals surface area contributed by atoms with Crippen molar-refractivity contribution in [2.45, 2.75) is 31.8 Å². The standard InChI is InChI=1S/C15H17N5O2/c16-13-12-15(18-11(17-12)8-9-4-3-7-21-9)20-14(19-13)10-5-1-2-6-22-10/h3-4,7,10H,1-2,5-6,8H2,(H3,16,17,18,19,20). The number of aromatic amines is 1. The molecule has 1 unspecified atom stereocenters. The summed E-state index contributed by atoms with van der Waals surface area (Å²) >= 11 is 0. The van der Waals surface area contributed by atoms with Crippen molar-refractivity contribution in [3.8, 4) is 0 Å². The lowest BCUT2D eigenvalue weighted by Crippen LogP contribution is -2.15. The van der Waals surface area contributed by atoms with Crippen molar-refractivity contribution in [3.63, 3.8) is 0 Å². The van der Waals surface area contributed by atoms with Gasteiger partial charge in [0, 0.05) is 6.61 Å². The summed E-state index contributed by atoms with van der Waals surface area (Å²) < 4.78 is 11.1. The number of nitrogens with zero attached hydrogens (tertiary/aromatic N) is 3. The van der Waals surface area contributed by atoms with Crippen molar-refractivity contribution in [2.75, 3.05) is 12.3 Å². The van der Waals surface area contributed by atoms with E-state index in [9.17, 15) is 0 Å². The van der Waals surface area contributed by atoms with Crippen LogP contribution in [0.1, 0.15) is 42.8 Å². The number of rotatable bonds is 3. The van der Waals surface area contributed by atoms with E-state index in [1.807, 2.05) is 12.1 Å². The Morgan fingerprint density at radius 1 is 1.27 bits per heavy atom. The molecule has 4 heterocycles. The molecule has 1 saturated heterocycles. The third kappa shape index (κ3) is 2.43. The minimum Gasteiger partial charge on any atom is -0.469 e. The van der Waals surface area contributed by atoms with Gasteiger partial charge in [-0.3, -0.25) is 0 Å². The number of anilines is 1. The average molecular weight is 299 g/mol. The fourth-order valence-electron chi connectivity index (χ4n) is 2.73. The molecule has 0 radical (unpaired) electrons. The van der Waals surface area contributed by atoms with E-state index in [-0.39, 0.29) is 6.10 Å². The Morgan fingerprint density at radius 2 is 2.23 bits per heavy atom. The number of hydrogen-bond acceptors (Lipinski definition) is 6. The average Bonchev–Trinajstić information content (AvgIpc) is 3.18. The van der Waals surface area contributed by atoms with Crippen molar-refractivity contribution in [2.24, 2.45) is 0 Å². The molecule has 1 atom stereocenters. The molecule has 0 saturated carbocycles. The summed E-state index contributed by atoms with van der Waals surface area (Å²) in [4.78, 5) is 16.6. The van der Waals surface area contributed by atoms with E-state index in [4.69, 9.17) is 14.9 Å². The fraction of sp³-hybridized carbons (Fsp3) is 0.400. The highest BCUT2D eigenvalue weighted by Gasteiger charge is 2.21. The Morgan fingerprint density at radius 3 is 3.00 bits per heavy atom. The SMILES string of the molecule is Nc1nc(C2CCCCO2)nc2nc(Cc3ccco3)[nH]c12. The Labute approximate surface area is 126 Å². The molecule has 0 spiro atoms. The van der Waals surface area contributed by atoms with Crippen molar-refractivity contribution in [1.29, 1.82) is 0 Å². The quantitative estimate of drug-likeness (QED) is 0.769. The number of nitrogens with one attached hydrogen (secondary N) is 1. The van der Waals surface area contributed by atoms with Gasteiger partial charge in [0.05, 0.1) is 12.7 Å². The summed E-state index contributed by atoms with van der Waals surface area (Å²) in [6.45, 7) is 0.746. The topological polar surface area (TPSA) is 103 Å². The summed E-state index contributed by atoms with van der Waals surface area (Å²) in [5, 5.41) is 0. The molecule has 0 aliphatic carbocycles. The van der Waals surface area contributed by atoms with E-state index in [0.717, 1.165) is 37.5 Å². The van der Waals surface area contributed by atoms with E-state index in [1.54, 1.807) is 6.26 Å². The maximum Gasteiger partial charge on any atom is 0.183 e. The third-order valence-corrected chi connectivity index (χ3v) is 3.83. The highest BCUT2D eigenvalue weighted by Crippen LogP contribution is 2.27. The van der Waals surface area contributed by atoms with Crippen LogP contribution in [0.4, 0.5) is 5.82 Å². The number of H-pyrrole nitrogens is 1. The van der Waals surface area contributed by atoms with Gasteiger partial charge in [0.25, 0.3) is 0 Å². The number of furan rings is 1. The smallest absolute Gasteiger partial charge is 0.183 e. The summed E-state index contributed by atoms with van der Waals surface area (Å²) in [6, 6.07) is 3.76. The van der Waals surface area contributed by atoms with E-state index in [1.165, 1.54) is 0 Å². The zero-order chi connectivity index (χ0) is 14.9. The van der Waals surface area contributed by atoms with Crippen LogP contribution in [0, 0.1) is 0 Å². The number of imidazole rings is 1. The lowest BCUT2D eigenvalue weighted by Gasteiger charge is -2.21. The molecule has 0 amide bonds. The van der Waals surface area contributed by atoms with Crippen LogP contribution in [-0.2, 0) is 11.2 Å². The first-order chi connectivity index (χ1) is 10.8. The van der Waals surface area contributed by atoms with Crippen LogP contribution >= 0.6 is 0 Å². The van der Waals surface area contributed by atoms with Gasteiger partial charge in [-0.1, -0.05) is 0 Å². The third-order valence-electron chi connectivity index (χ3n) is 3.83. The zero-order valence-corrected chi connectivity index (χ0v) is 12.1. The van der Waals surface area contributed by atoms with Crippen molar-refractivity contribution >= 4 is 17.0 Å². The van der Waals surface area contributed by atoms with Gasteiger partial charge < -0.3 is 19.9 Å². The van der Waals surface area contributed by atoms with Gasteiger partial charge in [-0.15, -0.1) is 0 Å². The predicted octanol–water partition coefficient (Wildman–Crippen LogP) is 2.36. The molecule has 1 aliphatic heterocycles. The second kappa shape index (κ2) is 5.42. The van der Waals surface area contributed by atoms with Gasteiger partial charge in [0.2, 0.25) is 0 Å². The largest absolute Gasteiger partial charge is 0.469 e. The monoisotopic (exact) mass is 299 g/mol. The number of fused-ring (bicyclic) bond motifs is 1. The van der Waals surface area contributed by atoms with Gasteiger partial charge in [-0.05, 0) is 31.4 Å². The molecule has 4 rings (SSSR count). The molecule has 0 bridgehead atoms. The first kappa shape index (κ1) is 13.3. The van der Waals surface area contributed by atoms with Crippen molar-refractivity contribution in [3.05, 3.63) is 35.8 Å². The summed E-state index contributed by atoms with van der Waals surface area (Å²) in [5.74, 6) is 2.63. The van der Waals surface area contributed by atoms with Crippen LogP contribution in [0.25, 0.3) is 11.2 Å². The summed E-state index contributed by atoms with van der Waals surface area (Å²) in [5.41, 5.74) is 7.30. The summed E-state index contributed by atoms with van der Waals surface area (Å²) in [6.07, 6.45) is 5.27. The number of nitrogen functional groups attached to an aromatic ring is 1. The highest BCUT2D eigenvalue weighted by molar-refractivity contribution is 5.81. The maximum atomic E-state index is 6.05.